The first-order valence-corrected chi connectivity index (χ1v) is 6.72. The number of fused-ring (bicyclic) bond motifs is 1. The first kappa shape index (κ1) is 12.5. The Labute approximate surface area is 110 Å². The van der Waals surface area contributed by atoms with Crippen molar-refractivity contribution in [1.82, 2.24) is 9.97 Å². The Morgan fingerprint density at radius 3 is 3.11 bits per heavy atom. The van der Waals surface area contributed by atoms with Crippen molar-refractivity contribution in [2.75, 3.05) is 29.1 Å². The summed E-state index contributed by atoms with van der Waals surface area (Å²) in [7, 11) is 0. The Bertz CT molecular complexity index is 577. The molecule has 0 saturated carbocycles. The maximum atomic E-state index is 5.73. The van der Waals surface area contributed by atoms with Crippen molar-refractivity contribution in [3.63, 3.8) is 0 Å². The zero-order valence-corrected chi connectivity index (χ0v) is 10.7. The van der Waals surface area contributed by atoms with Gasteiger partial charge in [-0.25, -0.2) is 9.97 Å². The van der Waals surface area contributed by atoms with Crippen LogP contribution in [0, 0.1) is 12.3 Å². The van der Waals surface area contributed by atoms with E-state index in [4.69, 9.17) is 12.2 Å². The van der Waals surface area contributed by atoms with Crippen LogP contribution in [0.4, 0.5) is 11.5 Å². The summed E-state index contributed by atoms with van der Waals surface area (Å²) in [5.41, 5.74) is 7.28. The summed E-state index contributed by atoms with van der Waals surface area (Å²) in [5, 5.41) is 4.26. The molecule has 0 aliphatic rings. The van der Waals surface area contributed by atoms with Gasteiger partial charge in [0.1, 0.15) is 12.1 Å². The molecule has 0 saturated heterocycles. The van der Waals surface area contributed by atoms with Gasteiger partial charge in [0.15, 0.2) is 0 Å². The lowest BCUT2D eigenvalue weighted by Crippen LogP contribution is -2.06. The fourth-order valence-electron chi connectivity index (χ4n) is 1.59. The van der Waals surface area contributed by atoms with Crippen LogP contribution in [-0.4, -0.2) is 28.0 Å². The van der Waals surface area contributed by atoms with Gasteiger partial charge in [0.25, 0.3) is 0 Å². The molecule has 1 aromatic heterocycles. The third kappa shape index (κ3) is 3.05. The van der Waals surface area contributed by atoms with E-state index in [1.165, 1.54) is 0 Å². The Kier molecular flexibility index (Phi) is 4.26. The highest BCUT2D eigenvalue weighted by Crippen LogP contribution is 2.21. The minimum atomic E-state index is 0.705. The molecule has 0 aliphatic carbocycles. The van der Waals surface area contributed by atoms with Crippen LogP contribution in [-0.2, 0) is 0 Å². The molecule has 5 heteroatoms. The first-order valence-electron chi connectivity index (χ1n) is 5.56. The number of thioether (sulfide) groups is 1. The molecule has 0 radical (unpaired) electrons. The number of nitrogen functional groups attached to an aromatic ring is 1. The van der Waals surface area contributed by atoms with E-state index in [1.54, 1.807) is 18.1 Å². The van der Waals surface area contributed by atoms with Crippen LogP contribution in [0.3, 0.4) is 0 Å². The molecule has 1 heterocycles. The number of benzene rings is 1. The van der Waals surface area contributed by atoms with Gasteiger partial charge in [-0.15, -0.1) is 18.2 Å². The van der Waals surface area contributed by atoms with Crippen molar-refractivity contribution in [2.24, 2.45) is 0 Å². The highest BCUT2D eigenvalue weighted by Gasteiger charge is 2.02. The number of nitrogens with one attached hydrogen (secondary N) is 1. The van der Waals surface area contributed by atoms with Crippen molar-refractivity contribution < 1.29 is 0 Å². The monoisotopic (exact) mass is 258 g/mol. The molecule has 2 rings (SSSR count). The maximum absolute atomic E-state index is 5.73. The number of hydrogen-bond acceptors (Lipinski definition) is 5. The van der Waals surface area contributed by atoms with Crippen molar-refractivity contribution in [2.45, 2.75) is 0 Å². The molecule has 0 bridgehead atoms. The number of aromatic nitrogens is 2. The summed E-state index contributed by atoms with van der Waals surface area (Å²) in [4.78, 5) is 8.44. The topological polar surface area (TPSA) is 63.8 Å². The number of anilines is 2. The summed E-state index contributed by atoms with van der Waals surface area (Å²) in [5.74, 6) is 5.12. The SMILES string of the molecule is C#CCSCCNc1ncnc2cc(N)ccc12. The van der Waals surface area contributed by atoms with E-state index < -0.39 is 0 Å². The molecule has 92 valence electrons. The second kappa shape index (κ2) is 6.12. The van der Waals surface area contributed by atoms with Gasteiger partial charge in [-0.2, -0.15) is 0 Å². The summed E-state index contributed by atoms with van der Waals surface area (Å²) in [6.07, 6.45) is 6.73. The summed E-state index contributed by atoms with van der Waals surface area (Å²) in [6, 6.07) is 5.63. The minimum Gasteiger partial charge on any atom is -0.399 e. The largest absolute Gasteiger partial charge is 0.399 e. The summed E-state index contributed by atoms with van der Waals surface area (Å²) >= 11 is 1.72. The minimum absolute atomic E-state index is 0.705. The van der Waals surface area contributed by atoms with Gasteiger partial charge in [-0.1, -0.05) is 5.92 Å². The van der Waals surface area contributed by atoms with Gasteiger partial charge in [0.2, 0.25) is 0 Å². The molecule has 0 atom stereocenters. The lowest BCUT2D eigenvalue weighted by atomic mass is 10.2. The van der Waals surface area contributed by atoms with Crippen LogP contribution in [0.5, 0.6) is 0 Å². The van der Waals surface area contributed by atoms with Crippen molar-refractivity contribution in [3.05, 3.63) is 24.5 Å². The maximum Gasteiger partial charge on any atom is 0.137 e. The fraction of sp³-hybridized carbons (Fsp3) is 0.231. The van der Waals surface area contributed by atoms with E-state index in [-0.39, 0.29) is 0 Å². The third-order valence-electron chi connectivity index (χ3n) is 2.38. The van der Waals surface area contributed by atoms with Gasteiger partial charge in [-0.3, -0.25) is 0 Å². The Hall–Kier alpha value is -1.93. The zero-order chi connectivity index (χ0) is 12.8. The molecule has 0 spiro atoms. The van der Waals surface area contributed by atoms with Crippen molar-refractivity contribution in [3.8, 4) is 12.3 Å². The van der Waals surface area contributed by atoms with Crippen molar-refractivity contribution in [1.29, 1.82) is 0 Å². The highest BCUT2D eigenvalue weighted by atomic mass is 32.2. The second-order valence-electron chi connectivity index (χ2n) is 3.68. The van der Waals surface area contributed by atoms with E-state index in [0.29, 0.717) is 5.69 Å². The molecule has 18 heavy (non-hydrogen) atoms. The molecule has 3 N–H and O–H groups in total. The highest BCUT2D eigenvalue weighted by molar-refractivity contribution is 7.99. The van der Waals surface area contributed by atoms with Gasteiger partial charge >= 0.3 is 0 Å². The summed E-state index contributed by atoms with van der Waals surface area (Å²) in [6.45, 7) is 0.822. The Balaban J connectivity index is 2.07. The van der Waals surface area contributed by atoms with Gasteiger partial charge < -0.3 is 11.1 Å². The van der Waals surface area contributed by atoms with Crippen LogP contribution in [0.25, 0.3) is 10.9 Å². The lowest BCUT2D eigenvalue weighted by Gasteiger charge is -2.07. The van der Waals surface area contributed by atoms with E-state index in [9.17, 15) is 0 Å². The quantitative estimate of drug-likeness (QED) is 0.488. The van der Waals surface area contributed by atoms with Crippen molar-refractivity contribution >= 4 is 34.2 Å². The normalized spacial score (nSPS) is 10.2. The molecule has 4 nitrogen and oxygen atoms in total. The average Bonchev–Trinajstić information content (AvgIpc) is 2.38. The first-order chi connectivity index (χ1) is 8.81. The molecule has 0 amide bonds. The number of rotatable bonds is 5. The van der Waals surface area contributed by atoms with Crippen LogP contribution in [0.15, 0.2) is 24.5 Å². The van der Waals surface area contributed by atoms with Gasteiger partial charge in [0, 0.05) is 23.4 Å². The van der Waals surface area contributed by atoms with Crippen LogP contribution < -0.4 is 11.1 Å². The molecule has 1 aromatic carbocycles. The number of terminal acetylenes is 1. The predicted octanol–water partition coefficient (Wildman–Crippen LogP) is 1.99. The molecule has 0 unspecified atom stereocenters. The number of hydrogen-bond donors (Lipinski definition) is 2. The molecule has 0 fully saturated rings. The third-order valence-corrected chi connectivity index (χ3v) is 3.25. The lowest BCUT2D eigenvalue weighted by molar-refractivity contribution is 1.15. The Morgan fingerprint density at radius 2 is 2.28 bits per heavy atom. The van der Waals surface area contributed by atoms with Crippen LogP contribution in [0.1, 0.15) is 0 Å². The van der Waals surface area contributed by atoms with E-state index in [0.717, 1.165) is 34.8 Å². The standard InChI is InChI=1S/C13H14N4S/c1-2-6-18-7-5-15-13-11-4-3-10(14)8-12(11)16-9-17-13/h1,3-4,8-9H,5-7,14H2,(H,15,16,17). The van der Waals surface area contributed by atoms with Crippen LogP contribution >= 0.6 is 11.8 Å². The smallest absolute Gasteiger partial charge is 0.137 e. The molecular weight excluding hydrogens is 244 g/mol. The van der Waals surface area contributed by atoms with E-state index in [1.807, 2.05) is 18.2 Å². The van der Waals surface area contributed by atoms with E-state index in [2.05, 4.69) is 21.2 Å². The predicted molar refractivity (Wildman–Crippen MR) is 78.6 cm³/mol. The zero-order valence-electron chi connectivity index (χ0n) is 9.89. The van der Waals surface area contributed by atoms with Gasteiger partial charge in [0.05, 0.1) is 11.3 Å². The fourth-order valence-corrected chi connectivity index (χ4v) is 2.10. The molecule has 2 aromatic rings. The van der Waals surface area contributed by atoms with E-state index >= 15 is 0 Å². The average molecular weight is 258 g/mol. The Morgan fingerprint density at radius 1 is 1.39 bits per heavy atom. The van der Waals surface area contributed by atoms with Gasteiger partial charge in [-0.05, 0) is 18.2 Å². The summed E-state index contributed by atoms with van der Waals surface area (Å²) < 4.78 is 0. The number of nitrogens with two attached hydrogens (primary N) is 1. The molecule has 0 aliphatic heterocycles. The van der Waals surface area contributed by atoms with Crippen LogP contribution in [0.2, 0.25) is 0 Å². The molecular formula is C13H14N4S. The number of nitrogens with zero attached hydrogens (tertiary/aromatic N) is 2. The second-order valence-corrected chi connectivity index (χ2v) is 4.79.